The Labute approximate surface area is 473 Å². The molecule has 0 aliphatic carbocycles. The number of nitrogens with zero attached hydrogens (tertiary/aromatic N) is 4. The summed E-state index contributed by atoms with van der Waals surface area (Å²) >= 11 is 0. The molecule has 0 unspecified atom stereocenters. The first kappa shape index (κ1) is 47.8. The molecule has 0 spiro atoms. The predicted octanol–water partition coefficient (Wildman–Crippen LogP) is 18.9. The van der Waals surface area contributed by atoms with Gasteiger partial charge in [-0.05, 0) is 158 Å². The largest absolute Gasteiger partial charge is 0.468 e. The molecule has 16 rings (SSSR count). The molecular formula is C74H61BN4O2. The summed E-state index contributed by atoms with van der Waals surface area (Å²) in [5.41, 5.74) is 25.1. The number of hydrogen-bond acceptors (Lipinski definition) is 5. The molecular weight excluding hydrogens is 988 g/mol. The van der Waals surface area contributed by atoms with Crippen molar-refractivity contribution in [2.45, 2.75) is 78.6 Å². The lowest BCUT2D eigenvalue weighted by Gasteiger charge is -2.46. The number of fused-ring (bicyclic) bond motifs is 14. The molecule has 0 fully saturated rings. The molecule has 3 aliphatic rings. The minimum absolute atomic E-state index is 0.0441. The maximum absolute atomic E-state index is 7.65. The van der Waals surface area contributed by atoms with Crippen molar-refractivity contribution >= 4 is 129 Å². The van der Waals surface area contributed by atoms with E-state index in [2.05, 4.69) is 288 Å². The highest BCUT2D eigenvalue weighted by Crippen LogP contribution is 2.56. The fourth-order valence-corrected chi connectivity index (χ4v) is 13.5. The summed E-state index contributed by atoms with van der Waals surface area (Å²) in [6.45, 7) is 20.8. The van der Waals surface area contributed by atoms with Gasteiger partial charge in [0.1, 0.15) is 16.7 Å². The van der Waals surface area contributed by atoms with Gasteiger partial charge in [-0.25, -0.2) is 0 Å². The Balaban J connectivity index is 1.10. The lowest BCUT2D eigenvalue weighted by molar-refractivity contribution is 0.590. The molecule has 392 valence electrons. The molecule has 0 bridgehead atoms. The first-order valence-corrected chi connectivity index (χ1v) is 28.6. The zero-order chi connectivity index (χ0) is 55.0. The Morgan fingerprint density at radius 3 is 1.68 bits per heavy atom. The fraction of sp³-hybridized carbons (Fsp3) is 0.162. The van der Waals surface area contributed by atoms with Gasteiger partial charge >= 0.3 is 0 Å². The summed E-state index contributed by atoms with van der Waals surface area (Å²) in [6, 6.07) is 76.6. The van der Waals surface area contributed by atoms with Gasteiger partial charge in [0.05, 0.1) is 45.1 Å². The van der Waals surface area contributed by atoms with E-state index in [1.165, 1.54) is 66.5 Å². The highest BCUT2D eigenvalue weighted by molar-refractivity contribution is 7.00. The van der Waals surface area contributed by atoms with E-state index < -0.39 is 0 Å². The third-order valence-corrected chi connectivity index (χ3v) is 17.7. The average Bonchev–Trinajstić information content (AvgIpc) is 2.88. The summed E-state index contributed by atoms with van der Waals surface area (Å²) in [7, 11) is 0. The van der Waals surface area contributed by atoms with Gasteiger partial charge in [0.2, 0.25) is 0 Å². The number of benzene rings is 10. The van der Waals surface area contributed by atoms with E-state index in [0.717, 1.165) is 89.5 Å². The van der Waals surface area contributed by atoms with Crippen LogP contribution in [0.5, 0.6) is 0 Å². The topological polar surface area (TPSA) is 40.9 Å². The molecule has 0 saturated heterocycles. The van der Waals surface area contributed by atoms with Gasteiger partial charge in [0, 0.05) is 55.4 Å². The van der Waals surface area contributed by atoms with Crippen LogP contribution in [0.4, 0.5) is 51.2 Å². The van der Waals surface area contributed by atoms with Crippen LogP contribution in [-0.2, 0) is 16.2 Å². The summed E-state index contributed by atoms with van der Waals surface area (Å²) in [6.07, 6.45) is 0. The standard InChI is InChI=1S/C74H61BN4O2/c1-72(2,3)46-30-32-59-54(36-46)56-37-47(73(4,5)6)39-62-68(56)78(59)63-40-48(74(7,8)9)38-58-70(63)79(62)61-43-52(76(49-23-15-11-16-24-49)50-25-17-12-18-26-50)42-60-67(61)75(58)71-69(57-35-45(29-33-66(57)81-71)44-21-13-10-14-22-44)77(60)51-31-34-65-55(41-51)53-27-19-20-28-64(53)80-65/h10-43H,1-9H3. The summed E-state index contributed by atoms with van der Waals surface area (Å²) in [5.74, 6) is 0. The zero-order valence-electron chi connectivity index (χ0n) is 47.3. The van der Waals surface area contributed by atoms with Crippen LogP contribution in [0.25, 0.3) is 71.5 Å². The van der Waals surface area contributed by atoms with Crippen LogP contribution in [0.15, 0.2) is 215 Å². The Bertz CT molecular complexity index is 4740. The first-order chi connectivity index (χ1) is 39.1. The molecule has 0 amide bonds. The minimum Gasteiger partial charge on any atom is -0.468 e. The Hall–Kier alpha value is -9.20. The highest BCUT2D eigenvalue weighted by Gasteiger charge is 2.50. The van der Waals surface area contributed by atoms with Crippen molar-refractivity contribution in [3.05, 3.63) is 223 Å². The van der Waals surface area contributed by atoms with E-state index in [4.69, 9.17) is 8.83 Å². The van der Waals surface area contributed by atoms with Crippen molar-refractivity contribution in [1.29, 1.82) is 0 Å². The molecule has 3 aliphatic heterocycles. The average molecular weight is 1050 g/mol. The third-order valence-electron chi connectivity index (χ3n) is 17.7. The van der Waals surface area contributed by atoms with Crippen molar-refractivity contribution < 1.29 is 8.83 Å². The molecule has 81 heavy (non-hydrogen) atoms. The molecule has 6 heterocycles. The molecule has 0 radical (unpaired) electrons. The van der Waals surface area contributed by atoms with Gasteiger partial charge in [-0.3, -0.25) is 0 Å². The number of furan rings is 2. The molecule has 3 aromatic heterocycles. The SMILES string of the molecule is CC(C)(C)c1cc2c3c(c1)-n1c4ccc(C(C)(C)C)cc4c4cc(C(C)(C)C)cc(c41)N3c1cc(N(c3ccccc3)c3ccccc3)cc3c1B2c1oc2ccc(-c4ccccc4)cc2c1N3c1ccc2oc3ccccc3c2c1. The van der Waals surface area contributed by atoms with E-state index in [0.29, 0.717) is 0 Å². The molecule has 0 saturated carbocycles. The van der Waals surface area contributed by atoms with E-state index >= 15 is 0 Å². The normalized spacial score (nSPS) is 13.7. The van der Waals surface area contributed by atoms with Gasteiger partial charge in [-0.2, -0.15) is 0 Å². The van der Waals surface area contributed by atoms with E-state index in [1.807, 2.05) is 0 Å². The number of para-hydroxylation sites is 3. The Kier molecular flexibility index (Phi) is 9.84. The van der Waals surface area contributed by atoms with E-state index in [1.54, 1.807) is 0 Å². The first-order valence-electron chi connectivity index (χ1n) is 28.6. The molecule has 0 atom stereocenters. The van der Waals surface area contributed by atoms with Crippen LogP contribution < -0.4 is 31.3 Å². The van der Waals surface area contributed by atoms with E-state index in [9.17, 15) is 0 Å². The van der Waals surface area contributed by atoms with Gasteiger partial charge in [0.15, 0.2) is 0 Å². The maximum Gasteiger partial charge on any atom is 0.297 e. The van der Waals surface area contributed by atoms with Crippen molar-refractivity contribution in [3.63, 3.8) is 0 Å². The van der Waals surface area contributed by atoms with Crippen LogP contribution in [0.2, 0.25) is 0 Å². The second-order valence-electron chi connectivity index (χ2n) is 25.8. The second kappa shape index (κ2) is 16.7. The maximum atomic E-state index is 7.65. The van der Waals surface area contributed by atoms with Crippen LogP contribution in [0.1, 0.15) is 79.0 Å². The predicted molar refractivity (Wildman–Crippen MR) is 342 cm³/mol. The van der Waals surface area contributed by atoms with Crippen LogP contribution in [-0.4, -0.2) is 11.3 Å². The number of rotatable bonds is 5. The summed E-state index contributed by atoms with van der Waals surface area (Å²) in [5, 5.41) is 5.75. The minimum atomic E-state index is -0.298. The van der Waals surface area contributed by atoms with Crippen molar-refractivity contribution in [1.82, 2.24) is 4.57 Å². The monoisotopic (exact) mass is 1050 g/mol. The quantitative estimate of drug-likeness (QED) is 0.161. The van der Waals surface area contributed by atoms with Crippen LogP contribution in [0, 0.1) is 0 Å². The molecule has 10 aromatic carbocycles. The Morgan fingerprint density at radius 1 is 0.383 bits per heavy atom. The van der Waals surface area contributed by atoms with Crippen molar-refractivity contribution in [2.75, 3.05) is 14.7 Å². The van der Waals surface area contributed by atoms with Gasteiger partial charge in [-0.1, -0.05) is 165 Å². The van der Waals surface area contributed by atoms with Crippen molar-refractivity contribution in [2.24, 2.45) is 0 Å². The van der Waals surface area contributed by atoms with Crippen LogP contribution >= 0.6 is 0 Å². The molecule has 6 nitrogen and oxygen atoms in total. The third kappa shape index (κ3) is 7.00. The van der Waals surface area contributed by atoms with Gasteiger partial charge in [-0.15, -0.1) is 0 Å². The lowest BCUT2D eigenvalue weighted by Crippen LogP contribution is -2.61. The molecule has 7 heteroatoms. The second-order valence-corrected chi connectivity index (χ2v) is 25.8. The fourth-order valence-electron chi connectivity index (χ4n) is 13.5. The number of aromatic nitrogens is 1. The highest BCUT2D eigenvalue weighted by atomic mass is 16.3. The van der Waals surface area contributed by atoms with Gasteiger partial charge in [0.25, 0.3) is 6.71 Å². The molecule has 13 aromatic rings. The zero-order valence-corrected chi connectivity index (χ0v) is 47.3. The van der Waals surface area contributed by atoms with Gasteiger partial charge < -0.3 is 28.1 Å². The van der Waals surface area contributed by atoms with E-state index in [-0.39, 0.29) is 23.0 Å². The summed E-state index contributed by atoms with van der Waals surface area (Å²) < 4.78 is 16.8. The summed E-state index contributed by atoms with van der Waals surface area (Å²) in [4.78, 5) is 7.62. The lowest BCUT2D eigenvalue weighted by atomic mass is 9.35. The number of anilines is 9. The van der Waals surface area contributed by atoms with Crippen molar-refractivity contribution in [3.8, 4) is 16.8 Å². The smallest absolute Gasteiger partial charge is 0.297 e. The number of hydrogen-bond donors (Lipinski definition) is 0. The molecule has 0 N–H and O–H groups in total. The Morgan fingerprint density at radius 2 is 0.975 bits per heavy atom. The van der Waals surface area contributed by atoms with Crippen LogP contribution in [0.3, 0.4) is 0 Å².